The van der Waals surface area contributed by atoms with Gasteiger partial charge in [-0.05, 0) is 36.1 Å². The lowest BCUT2D eigenvalue weighted by Gasteiger charge is -2.18. The molecular formula is C15H18N2S. The van der Waals surface area contributed by atoms with E-state index in [1.807, 2.05) is 18.2 Å². The summed E-state index contributed by atoms with van der Waals surface area (Å²) in [6.45, 7) is 0.577. The van der Waals surface area contributed by atoms with Crippen molar-refractivity contribution in [2.24, 2.45) is 5.73 Å². The largest absolute Gasteiger partial charge is 0.377 e. The number of hydrogen-bond donors (Lipinski definition) is 2. The van der Waals surface area contributed by atoms with Crippen LogP contribution < -0.4 is 11.1 Å². The standard InChI is InChI=1S/C15H18N2S/c1-18-14-9-7-12(8-10-14)15(11-16)17-13-5-3-2-4-6-13/h2-10,15,17H,11,16H2,1H3. The van der Waals surface area contributed by atoms with Crippen LogP contribution >= 0.6 is 11.8 Å². The number of thioether (sulfide) groups is 1. The Hall–Kier alpha value is -1.45. The molecule has 0 saturated carbocycles. The van der Waals surface area contributed by atoms with E-state index in [1.165, 1.54) is 10.5 Å². The van der Waals surface area contributed by atoms with Crippen LogP contribution in [0.15, 0.2) is 59.5 Å². The van der Waals surface area contributed by atoms with Gasteiger partial charge in [-0.25, -0.2) is 0 Å². The normalized spacial score (nSPS) is 12.1. The average Bonchev–Trinajstić information content (AvgIpc) is 2.46. The fourth-order valence-electron chi connectivity index (χ4n) is 1.85. The minimum Gasteiger partial charge on any atom is -0.377 e. The summed E-state index contributed by atoms with van der Waals surface area (Å²) in [6, 6.07) is 18.9. The minimum absolute atomic E-state index is 0.156. The van der Waals surface area contributed by atoms with Gasteiger partial charge in [0.05, 0.1) is 6.04 Å². The SMILES string of the molecule is CSc1ccc(C(CN)Nc2ccccc2)cc1. The number of hydrogen-bond acceptors (Lipinski definition) is 3. The molecule has 2 rings (SSSR count). The summed E-state index contributed by atoms with van der Waals surface area (Å²) >= 11 is 1.75. The molecule has 0 radical (unpaired) electrons. The molecule has 0 amide bonds. The average molecular weight is 258 g/mol. The van der Waals surface area contributed by atoms with Crippen molar-refractivity contribution in [2.75, 3.05) is 18.1 Å². The Morgan fingerprint density at radius 1 is 1.06 bits per heavy atom. The summed E-state index contributed by atoms with van der Waals surface area (Å²) in [5.74, 6) is 0. The number of nitrogens with one attached hydrogen (secondary N) is 1. The Labute approximate surface area is 113 Å². The minimum atomic E-state index is 0.156. The van der Waals surface area contributed by atoms with Crippen LogP contribution in [0.2, 0.25) is 0 Å². The summed E-state index contributed by atoms with van der Waals surface area (Å²) in [5.41, 5.74) is 8.18. The van der Waals surface area contributed by atoms with Crippen LogP contribution in [-0.4, -0.2) is 12.8 Å². The van der Waals surface area contributed by atoms with Crippen molar-refractivity contribution < 1.29 is 0 Å². The maximum absolute atomic E-state index is 5.86. The quantitative estimate of drug-likeness (QED) is 0.806. The molecule has 0 saturated heterocycles. The monoisotopic (exact) mass is 258 g/mol. The lowest BCUT2D eigenvalue weighted by Crippen LogP contribution is -2.20. The first-order chi connectivity index (χ1) is 8.83. The highest BCUT2D eigenvalue weighted by Crippen LogP contribution is 2.21. The Kier molecular flexibility index (Phi) is 4.67. The van der Waals surface area contributed by atoms with E-state index in [-0.39, 0.29) is 6.04 Å². The van der Waals surface area contributed by atoms with Crippen LogP contribution in [0, 0.1) is 0 Å². The molecule has 18 heavy (non-hydrogen) atoms. The zero-order chi connectivity index (χ0) is 12.8. The molecule has 0 bridgehead atoms. The third-order valence-corrected chi connectivity index (χ3v) is 3.61. The molecule has 0 aliphatic rings. The van der Waals surface area contributed by atoms with Gasteiger partial charge in [0.1, 0.15) is 0 Å². The van der Waals surface area contributed by atoms with E-state index in [4.69, 9.17) is 5.73 Å². The number of para-hydroxylation sites is 1. The summed E-state index contributed by atoms with van der Waals surface area (Å²) in [4.78, 5) is 1.27. The lowest BCUT2D eigenvalue weighted by atomic mass is 10.1. The first kappa shape index (κ1) is 13.0. The molecule has 0 heterocycles. The van der Waals surface area contributed by atoms with Gasteiger partial charge in [0.15, 0.2) is 0 Å². The Morgan fingerprint density at radius 2 is 1.72 bits per heavy atom. The summed E-state index contributed by atoms with van der Waals surface area (Å²) in [7, 11) is 0. The predicted octanol–water partition coefficient (Wildman–Crippen LogP) is 3.52. The highest BCUT2D eigenvalue weighted by atomic mass is 32.2. The molecule has 3 heteroatoms. The van der Waals surface area contributed by atoms with E-state index in [1.54, 1.807) is 11.8 Å². The van der Waals surface area contributed by atoms with Crippen LogP contribution in [-0.2, 0) is 0 Å². The molecule has 94 valence electrons. The topological polar surface area (TPSA) is 38.0 Å². The second-order valence-corrected chi connectivity index (χ2v) is 4.95. The first-order valence-corrected chi connectivity index (χ1v) is 7.21. The van der Waals surface area contributed by atoms with Gasteiger partial charge in [0.2, 0.25) is 0 Å². The van der Waals surface area contributed by atoms with E-state index in [0.29, 0.717) is 6.54 Å². The van der Waals surface area contributed by atoms with E-state index >= 15 is 0 Å². The molecule has 2 aromatic rings. The van der Waals surface area contributed by atoms with Crippen LogP contribution in [0.4, 0.5) is 5.69 Å². The van der Waals surface area contributed by atoms with Crippen molar-refractivity contribution in [3.05, 3.63) is 60.2 Å². The molecular weight excluding hydrogens is 240 g/mol. The maximum atomic E-state index is 5.86. The highest BCUT2D eigenvalue weighted by molar-refractivity contribution is 7.98. The highest BCUT2D eigenvalue weighted by Gasteiger charge is 2.08. The molecule has 3 N–H and O–H groups in total. The molecule has 2 aromatic carbocycles. The van der Waals surface area contributed by atoms with Gasteiger partial charge in [-0.15, -0.1) is 11.8 Å². The third kappa shape index (κ3) is 3.28. The molecule has 0 aliphatic carbocycles. The second-order valence-electron chi connectivity index (χ2n) is 4.07. The lowest BCUT2D eigenvalue weighted by molar-refractivity contribution is 0.789. The van der Waals surface area contributed by atoms with Crippen molar-refractivity contribution in [3.8, 4) is 0 Å². The van der Waals surface area contributed by atoms with Gasteiger partial charge in [-0.3, -0.25) is 0 Å². The zero-order valence-corrected chi connectivity index (χ0v) is 11.3. The van der Waals surface area contributed by atoms with E-state index in [2.05, 4.69) is 48.0 Å². The maximum Gasteiger partial charge on any atom is 0.0636 e. The summed E-state index contributed by atoms with van der Waals surface area (Å²) in [5, 5.41) is 3.45. The zero-order valence-electron chi connectivity index (χ0n) is 10.5. The van der Waals surface area contributed by atoms with Crippen LogP contribution in [0.5, 0.6) is 0 Å². The predicted molar refractivity (Wildman–Crippen MR) is 80.1 cm³/mol. The third-order valence-electron chi connectivity index (χ3n) is 2.87. The van der Waals surface area contributed by atoms with E-state index in [0.717, 1.165) is 5.69 Å². The fourth-order valence-corrected chi connectivity index (χ4v) is 2.26. The number of benzene rings is 2. The van der Waals surface area contributed by atoms with Crippen molar-refractivity contribution in [1.29, 1.82) is 0 Å². The van der Waals surface area contributed by atoms with Crippen LogP contribution in [0.25, 0.3) is 0 Å². The molecule has 1 unspecified atom stereocenters. The molecule has 0 spiro atoms. The second kappa shape index (κ2) is 6.47. The van der Waals surface area contributed by atoms with Gasteiger partial charge < -0.3 is 11.1 Å². The number of anilines is 1. The smallest absolute Gasteiger partial charge is 0.0636 e. The van der Waals surface area contributed by atoms with Crippen molar-refractivity contribution in [3.63, 3.8) is 0 Å². The fraction of sp³-hybridized carbons (Fsp3) is 0.200. The Morgan fingerprint density at radius 3 is 2.28 bits per heavy atom. The van der Waals surface area contributed by atoms with Gasteiger partial charge in [0.25, 0.3) is 0 Å². The number of rotatable bonds is 5. The molecule has 0 aromatic heterocycles. The van der Waals surface area contributed by atoms with Crippen molar-refractivity contribution >= 4 is 17.4 Å². The van der Waals surface area contributed by atoms with Crippen LogP contribution in [0.1, 0.15) is 11.6 Å². The van der Waals surface area contributed by atoms with E-state index in [9.17, 15) is 0 Å². The summed E-state index contributed by atoms with van der Waals surface area (Å²) in [6.07, 6.45) is 2.08. The van der Waals surface area contributed by atoms with E-state index < -0.39 is 0 Å². The summed E-state index contributed by atoms with van der Waals surface area (Å²) < 4.78 is 0. The van der Waals surface area contributed by atoms with Gasteiger partial charge in [0, 0.05) is 17.1 Å². The van der Waals surface area contributed by atoms with Crippen molar-refractivity contribution in [2.45, 2.75) is 10.9 Å². The molecule has 1 atom stereocenters. The van der Waals surface area contributed by atoms with Gasteiger partial charge >= 0.3 is 0 Å². The molecule has 0 fully saturated rings. The molecule has 2 nitrogen and oxygen atoms in total. The Bertz CT molecular complexity index is 468. The van der Waals surface area contributed by atoms with Gasteiger partial charge in [-0.1, -0.05) is 30.3 Å². The Balaban J connectivity index is 2.12. The van der Waals surface area contributed by atoms with Crippen LogP contribution in [0.3, 0.4) is 0 Å². The molecule has 0 aliphatic heterocycles. The number of nitrogens with two attached hydrogens (primary N) is 1. The van der Waals surface area contributed by atoms with Gasteiger partial charge in [-0.2, -0.15) is 0 Å². The first-order valence-electron chi connectivity index (χ1n) is 5.99. The van der Waals surface area contributed by atoms with Crippen molar-refractivity contribution in [1.82, 2.24) is 0 Å².